The smallest absolute Gasteiger partial charge is 0.0892 e. The predicted octanol–water partition coefficient (Wildman–Crippen LogP) is 5.99. The second-order valence-electron chi connectivity index (χ2n) is 4.39. The highest BCUT2D eigenvalue weighted by Gasteiger charge is 2.24. The van der Waals surface area contributed by atoms with Gasteiger partial charge in [0.1, 0.15) is 0 Å². The number of hydrogen-bond donors (Lipinski definition) is 0. The first-order valence-corrected chi connectivity index (χ1v) is 8.80. The van der Waals surface area contributed by atoms with Crippen LogP contribution in [0, 0.1) is 0 Å². The lowest BCUT2D eigenvalue weighted by atomic mass is 10.2. The van der Waals surface area contributed by atoms with Crippen molar-refractivity contribution in [1.82, 2.24) is 0 Å². The lowest BCUT2D eigenvalue weighted by molar-refractivity contribution is 0.667. The van der Waals surface area contributed by atoms with Crippen LogP contribution in [-0.4, -0.2) is 6.54 Å². The maximum absolute atomic E-state index is 7.87. The second-order valence-corrected chi connectivity index (χ2v) is 7.62. The highest BCUT2D eigenvalue weighted by Crippen LogP contribution is 2.52. The van der Waals surface area contributed by atoms with Crippen molar-refractivity contribution in [3.05, 3.63) is 22.8 Å². The number of unbranched alkanes of at least 4 members (excludes halogenated alkanes) is 3. The Bertz CT molecular complexity index is 559. The maximum atomic E-state index is 7.87. The Morgan fingerprint density at radius 3 is 2.33 bits per heavy atom. The summed E-state index contributed by atoms with van der Waals surface area (Å²) in [6.07, 6.45) is 4.95. The third kappa shape index (κ3) is 2.33. The minimum absolute atomic E-state index is 0.627. The topological polar surface area (TPSA) is 3.24 Å². The largest absolute Gasteiger partial charge is 0.338 e. The van der Waals surface area contributed by atoms with Gasteiger partial charge in [0.25, 0.3) is 0 Å². The fourth-order valence-corrected chi connectivity index (χ4v) is 5.27. The highest BCUT2D eigenvalue weighted by atomic mass is 32.2. The maximum Gasteiger partial charge on any atom is 0.0892 e. The van der Waals surface area contributed by atoms with Crippen molar-refractivity contribution >= 4 is 45.8 Å². The van der Waals surface area contributed by atoms with Gasteiger partial charge in [-0.25, -0.2) is 0 Å². The minimum Gasteiger partial charge on any atom is -0.338 e. The van der Waals surface area contributed by atoms with E-state index in [4.69, 9.17) is 2.74 Å². The molecule has 0 atom stereocenters. The molecule has 3 rings (SSSR count). The van der Waals surface area contributed by atoms with Gasteiger partial charge in [-0.2, -0.15) is 0 Å². The third-order valence-electron chi connectivity index (χ3n) is 3.12. The molecule has 0 saturated carbocycles. The van der Waals surface area contributed by atoms with Gasteiger partial charge in [0.05, 0.1) is 22.5 Å². The van der Waals surface area contributed by atoms with Crippen molar-refractivity contribution in [2.24, 2.45) is 0 Å². The Hall–Kier alpha value is -0.450. The standard InChI is InChI=1S/C14H17NS3/c1-2-3-4-5-8-15-11-6-9-16-13(11)18-14-12(15)7-10-17-14/h6-7,9-10H,2-5,8H2,1H3/i9D,10D. The van der Waals surface area contributed by atoms with E-state index in [0.717, 1.165) is 6.54 Å². The second kappa shape index (κ2) is 5.68. The molecule has 0 radical (unpaired) electrons. The molecule has 0 spiro atoms. The third-order valence-corrected chi connectivity index (χ3v) is 6.16. The van der Waals surface area contributed by atoms with E-state index >= 15 is 0 Å². The van der Waals surface area contributed by atoms with E-state index in [1.54, 1.807) is 34.4 Å². The molecule has 0 N–H and O–H groups in total. The molecule has 0 amide bonds. The summed E-state index contributed by atoms with van der Waals surface area (Å²) >= 11 is 4.81. The molecule has 18 heavy (non-hydrogen) atoms. The Kier molecular flexibility index (Phi) is 3.26. The average molecular weight is 298 g/mol. The number of thiophene rings is 2. The molecule has 1 nitrogen and oxygen atoms in total. The Morgan fingerprint density at radius 2 is 1.72 bits per heavy atom. The van der Waals surface area contributed by atoms with Gasteiger partial charge >= 0.3 is 0 Å². The van der Waals surface area contributed by atoms with E-state index in [2.05, 4.69) is 11.8 Å². The fourth-order valence-electron chi connectivity index (χ4n) is 2.17. The SMILES string of the molecule is [2H]c1cc2c(s1)Sc1sc([2H])cc1N2CCCCCC. The van der Waals surface area contributed by atoms with E-state index in [-0.39, 0.29) is 0 Å². The molecule has 2 aromatic rings. The van der Waals surface area contributed by atoms with Gasteiger partial charge in [-0.1, -0.05) is 37.9 Å². The van der Waals surface area contributed by atoms with Crippen molar-refractivity contribution in [2.75, 3.05) is 11.4 Å². The fraction of sp³-hybridized carbons (Fsp3) is 0.429. The number of anilines is 2. The van der Waals surface area contributed by atoms with Gasteiger partial charge in [0, 0.05) is 6.54 Å². The molecular formula is C14H17NS3. The molecule has 0 bridgehead atoms. The van der Waals surface area contributed by atoms with E-state index in [9.17, 15) is 0 Å². The summed E-state index contributed by atoms with van der Waals surface area (Å²) in [7, 11) is 0. The summed E-state index contributed by atoms with van der Waals surface area (Å²) in [5, 5.41) is 1.25. The Balaban J connectivity index is 1.86. The summed E-state index contributed by atoms with van der Waals surface area (Å²) < 4.78 is 18.2. The van der Waals surface area contributed by atoms with E-state index in [0.29, 0.717) is 10.7 Å². The molecule has 1 aliphatic rings. The van der Waals surface area contributed by atoms with E-state index in [1.165, 1.54) is 45.5 Å². The van der Waals surface area contributed by atoms with Crippen LogP contribution in [0.2, 0.25) is 0 Å². The lowest BCUT2D eigenvalue weighted by Crippen LogP contribution is -2.20. The molecule has 2 aromatic heterocycles. The predicted molar refractivity (Wildman–Crippen MR) is 83.9 cm³/mol. The summed E-state index contributed by atoms with van der Waals surface area (Å²) in [4.78, 5) is 2.32. The molecule has 0 aromatic carbocycles. The molecule has 0 aliphatic carbocycles. The van der Waals surface area contributed by atoms with Crippen molar-refractivity contribution in [3.8, 4) is 0 Å². The lowest BCUT2D eigenvalue weighted by Gasteiger charge is -2.28. The number of rotatable bonds is 5. The van der Waals surface area contributed by atoms with Crippen molar-refractivity contribution in [2.45, 2.75) is 41.0 Å². The summed E-state index contributed by atoms with van der Waals surface area (Å²) in [6.45, 7) is 3.22. The summed E-state index contributed by atoms with van der Waals surface area (Å²) in [5.41, 5.74) is 2.35. The first kappa shape index (κ1) is 10.4. The van der Waals surface area contributed by atoms with Crippen molar-refractivity contribution < 1.29 is 2.74 Å². The molecule has 0 fully saturated rings. The van der Waals surface area contributed by atoms with E-state index in [1.807, 2.05) is 12.1 Å². The summed E-state index contributed by atoms with van der Waals surface area (Å²) in [5.74, 6) is 0. The molecule has 96 valence electrons. The van der Waals surface area contributed by atoms with Gasteiger partial charge < -0.3 is 4.90 Å². The van der Waals surface area contributed by atoms with Crippen LogP contribution >= 0.6 is 34.4 Å². The normalized spacial score (nSPS) is 15.1. The summed E-state index contributed by atoms with van der Waals surface area (Å²) in [6, 6.07) is 3.94. The molecule has 0 saturated heterocycles. The van der Waals surface area contributed by atoms with Gasteiger partial charge in [-0.05, 0) is 29.3 Å². The Labute approximate surface area is 124 Å². The number of nitrogens with zero attached hydrogens (tertiary/aromatic N) is 1. The van der Waals surface area contributed by atoms with Crippen LogP contribution in [0.1, 0.15) is 35.3 Å². The van der Waals surface area contributed by atoms with Crippen LogP contribution in [0.25, 0.3) is 0 Å². The van der Waals surface area contributed by atoms with Gasteiger partial charge in [0.2, 0.25) is 0 Å². The first-order valence-electron chi connectivity index (χ1n) is 7.35. The number of hydrogen-bond acceptors (Lipinski definition) is 4. The zero-order valence-electron chi connectivity index (χ0n) is 12.4. The van der Waals surface area contributed by atoms with Gasteiger partial charge in [-0.15, -0.1) is 22.7 Å². The minimum atomic E-state index is 0.627. The van der Waals surface area contributed by atoms with Crippen molar-refractivity contribution in [1.29, 1.82) is 0 Å². The molecule has 0 unspecified atom stereocenters. The van der Waals surface area contributed by atoms with Gasteiger partial charge in [0.15, 0.2) is 0 Å². The van der Waals surface area contributed by atoms with Crippen LogP contribution in [-0.2, 0) is 0 Å². The van der Waals surface area contributed by atoms with Crippen LogP contribution in [0.4, 0.5) is 11.4 Å². The Morgan fingerprint density at radius 1 is 1.06 bits per heavy atom. The van der Waals surface area contributed by atoms with Crippen LogP contribution < -0.4 is 4.90 Å². The van der Waals surface area contributed by atoms with Crippen molar-refractivity contribution in [3.63, 3.8) is 0 Å². The van der Waals surface area contributed by atoms with Crippen LogP contribution in [0.3, 0.4) is 0 Å². The zero-order valence-corrected chi connectivity index (χ0v) is 12.8. The van der Waals surface area contributed by atoms with Crippen LogP contribution in [0.5, 0.6) is 0 Å². The monoisotopic (exact) mass is 297 g/mol. The number of fused-ring (bicyclic) bond motifs is 2. The molecular weight excluding hydrogens is 278 g/mol. The van der Waals surface area contributed by atoms with E-state index < -0.39 is 0 Å². The molecule has 4 heteroatoms. The van der Waals surface area contributed by atoms with Crippen LogP contribution in [0.15, 0.2) is 31.3 Å². The highest BCUT2D eigenvalue weighted by molar-refractivity contribution is 8.03. The van der Waals surface area contributed by atoms with Gasteiger partial charge in [-0.3, -0.25) is 0 Å². The molecule has 1 aliphatic heterocycles. The zero-order chi connectivity index (χ0) is 14.1. The quantitative estimate of drug-likeness (QED) is 0.623. The molecule has 3 heterocycles. The average Bonchev–Trinajstić information content (AvgIpc) is 2.94. The first-order chi connectivity index (χ1) is 9.69.